The number of amides is 3. The van der Waals surface area contributed by atoms with Crippen LogP contribution >= 0.6 is 47.8 Å². The highest BCUT2D eigenvalue weighted by molar-refractivity contribution is 9.12. The molecule has 4 rings (SSSR count). The monoisotopic (exact) mass is 616 g/mol. The maximum absolute atomic E-state index is 12.9. The van der Waals surface area contributed by atoms with Crippen LogP contribution in [0.4, 0.5) is 5.69 Å². The molecular weight excluding hydrogens is 592 g/mol. The first kappa shape index (κ1) is 23.4. The van der Waals surface area contributed by atoms with E-state index >= 15 is 0 Å². The predicted molar refractivity (Wildman–Crippen MR) is 131 cm³/mol. The number of rotatable bonds is 8. The molecule has 0 unspecified atom stereocenters. The van der Waals surface area contributed by atoms with Crippen LogP contribution in [0.15, 0.2) is 22.7 Å². The molecule has 1 saturated heterocycles. The summed E-state index contributed by atoms with van der Waals surface area (Å²) < 4.78 is 1.00. The minimum Gasteiger partial charge on any atom is -0.326 e. The maximum Gasteiger partial charge on any atom is 0.233 e. The molecule has 2 bridgehead atoms. The molecule has 1 aliphatic heterocycles. The zero-order chi connectivity index (χ0) is 22.3. The minimum atomic E-state index is -0.139. The number of likely N-dealkylation sites (tertiary alicyclic amines) is 1. The van der Waals surface area contributed by atoms with Crippen molar-refractivity contribution >= 4 is 71.2 Å². The molecule has 1 heterocycles. The van der Waals surface area contributed by atoms with Gasteiger partial charge in [-0.3, -0.25) is 19.3 Å². The van der Waals surface area contributed by atoms with E-state index in [-0.39, 0.29) is 51.0 Å². The lowest BCUT2D eigenvalue weighted by Gasteiger charge is -2.28. The van der Waals surface area contributed by atoms with Crippen LogP contribution in [0.1, 0.15) is 44.6 Å². The van der Waals surface area contributed by atoms with Crippen LogP contribution in [-0.4, -0.2) is 38.8 Å². The quantitative estimate of drug-likeness (QED) is 0.245. The molecule has 5 nitrogen and oxygen atoms in total. The van der Waals surface area contributed by atoms with Gasteiger partial charge in [-0.25, -0.2) is 0 Å². The number of hydrogen-bond acceptors (Lipinski definition) is 3. The van der Waals surface area contributed by atoms with E-state index in [1.54, 1.807) is 0 Å². The van der Waals surface area contributed by atoms with Gasteiger partial charge in [0.05, 0.1) is 11.8 Å². The lowest BCUT2D eigenvalue weighted by Crippen LogP contribution is -2.37. The average molecular weight is 619 g/mol. The molecule has 1 aromatic rings. The number of nitrogens with zero attached hydrogens (tertiary/aromatic N) is 1. The summed E-state index contributed by atoms with van der Waals surface area (Å²) in [5.41, 5.74) is 1.96. The Hall–Kier alpha value is -0.730. The van der Waals surface area contributed by atoms with Crippen molar-refractivity contribution in [1.82, 2.24) is 4.90 Å². The van der Waals surface area contributed by atoms with Crippen LogP contribution in [0.3, 0.4) is 0 Å². The van der Waals surface area contributed by atoms with Gasteiger partial charge in [-0.15, -0.1) is 0 Å². The van der Waals surface area contributed by atoms with E-state index in [0.717, 1.165) is 47.8 Å². The topological polar surface area (TPSA) is 66.5 Å². The molecule has 3 amide bonds. The Morgan fingerprint density at radius 2 is 1.71 bits per heavy atom. The number of nitrogens with one attached hydrogen (secondary N) is 1. The molecule has 168 valence electrons. The zero-order valence-corrected chi connectivity index (χ0v) is 22.2. The summed E-state index contributed by atoms with van der Waals surface area (Å²) in [6.07, 6.45) is 4.55. The van der Waals surface area contributed by atoms with Crippen molar-refractivity contribution in [3.8, 4) is 0 Å². The van der Waals surface area contributed by atoms with E-state index in [4.69, 9.17) is 0 Å². The van der Waals surface area contributed by atoms with Crippen molar-refractivity contribution in [2.75, 3.05) is 11.9 Å². The second-order valence-electron chi connectivity index (χ2n) is 8.85. The van der Waals surface area contributed by atoms with E-state index in [1.165, 1.54) is 4.90 Å². The Morgan fingerprint density at radius 3 is 2.32 bits per heavy atom. The molecular formula is C23H27Br3N2O3. The van der Waals surface area contributed by atoms with Crippen LogP contribution < -0.4 is 5.32 Å². The molecule has 2 saturated carbocycles. The molecule has 3 aliphatic rings. The van der Waals surface area contributed by atoms with Gasteiger partial charge in [0.1, 0.15) is 0 Å². The number of carbonyl (C=O) groups excluding carboxylic acids is 3. The lowest BCUT2D eigenvalue weighted by atomic mass is 9.81. The number of hydrogen-bond donors (Lipinski definition) is 1. The van der Waals surface area contributed by atoms with E-state index in [2.05, 4.69) is 60.0 Å². The minimum absolute atomic E-state index is 0.00294. The summed E-state index contributed by atoms with van der Waals surface area (Å²) in [4.78, 5) is 40.1. The van der Waals surface area contributed by atoms with Gasteiger partial charge in [0, 0.05) is 32.8 Å². The van der Waals surface area contributed by atoms with Crippen molar-refractivity contribution < 1.29 is 14.4 Å². The van der Waals surface area contributed by atoms with Crippen LogP contribution in [0, 0.1) is 23.7 Å². The first-order chi connectivity index (χ1) is 14.8. The molecule has 2 aliphatic carbocycles. The zero-order valence-electron chi connectivity index (χ0n) is 17.5. The van der Waals surface area contributed by atoms with Gasteiger partial charge in [-0.1, -0.05) is 61.1 Å². The number of alkyl halides is 2. The van der Waals surface area contributed by atoms with Crippen LogP contribution in [0.25, 0.3) is 0 Å². The molecule has 0 radical (unpaired) electrons. The Bertz CT molecular complexity index is 861. The molecule has 3 fully saturated rings. The van der Waals surface area contributed by atoms with Gasteiger partial charge in [0.2, 0.25) is 17.7 Å². The van der Waals surface area contributed by atoms with Gasteiger partial charge in [0.15, 0.2) is 0 Å². The summed E-state index contributed by atoms with van der Waals surface area (Å²) in [5.74, 6) is 0.286. The number of imide groups is 1. The van der Waals surface area contributed by atoms with Gasteiger partial charge < -0.3 is 5.32 Å². The van der Waals surface area contributed by atoms with Crippen LogP contribution in [0.5, 0.6) is 0 Å². The van der Waals surface area contributed by atoms with Crippen molar-refractivity contribution in [3.05, 3.63) is 28.2 Å². The molecule has 0 spiro atoms. The third-order valence-electron chi connectivity index (χ3n) is 7.09. The first-order valence-electron chi connectivity index (χ1n) is 11.0. The normalized spacial score (nSPS) is 31.4. The van der Waals surface area contributed by atoms with Gasteiger partial charge >= 0.3 is 0 Å². The number of halogens is 3. The van der Waals surface area contributed by atoms with Gasteiger partial charge in [-0.2, -0.15) is 0 Å². The largest absolute Gasteiger partial charge is 0.326 e. The van der Waals surface area contributed by atoms with Crippen molar-refractivity contribution in [2.45, 2.75) is 55.1 Å². The second-order valence-corrected chi connectivity index (χ2v) is 11.9. The van der Waals surface area contributed by atoms with Gasteiger partial charge in [-0.05, 0) is 61.3 Å². The lowest BCUT2D eigenvalue weighted by molar-refractivity contribution is -0.140. The standard InChI is InChI=1S/C23H27Br3N2O3/c1-2-12-10-13(24)7-8-16(12)27-17(29)6-4-3-5-9-28-22(30)18-14-11-15(19(18)23(28)31)21(26)20(14)25/h7-8,10,14-15,18-21H,2-6,9,11H2,1H3,(H,27,29)/t14-,15-,18-,19-,20+,21+/m1/s1. The van der Waals surface area contributed by atoms with E-state index < -0.39 is 0 Å². The highest BCUT2D eigenvalue weighted by Crippen LogP contribution is 2.60. The smallest absolute Gasteiger partial charge is 0.233 e. The Morgan fingerprint density at radius 1 is 1.06 bits per heavy atom. The highest BCUT2D eigenvalue weighted by Gasteiger charge is 2.66. The van der Waals surface area contributed by atoms with Gasteiger partial charge in [0.25, 0.3) is 0 Å². The number of unbranched alkanes of at least 4 members (excludes halogenated alkanes) is 2. The molecule has 31 heavy (non-hydrogen) atoms. The molecule has 6 atom stereocenters. The predicted octanol–water partition coefficient (Wildman–Crippen LogP) is 5.29. The number of anilines is 1. The molecule has 1 N–H and O–H groups in total. The maximum atomic E-state index is 12.9. The highest BCUT2D eigenvalue weighted by atomic mass is 79.9. The van der Waals surface area contributed by atoms with E-state index in [1.807, 2.05) is 18.2 Å². The molecule has 0 aromatic heterocycles. The van der Waals surface area contributed by atoms with Crippen molar-refractivity contribution in [2.24, 2.45) is 23.7 Å². The van der Waals surface area contributed by atoms with Crippen LogP contribution in [0.2, 0.25) is 0 Å². The Balaban J connectivity index is 1.22. The fraction of sp³-hybridized carbons (Fsp3) is 0.609. The summed E-state index contributed by atoms with van der Waals surface area (Å²) in [6.45, 7) is 2.53. The number of carbonyl (C=O) groups is 3. The average Bonchev–Trinajstić information content (AvgIpc) is 3.35. The Labute approximate surface area is 208 Å². The number of benzene rings is 1. The van der Waals surface area contributed by atoms with E-state index in [9.17, 15) is 14.4 Å². The molecule has 1 aromatic carbocycles. The fourth-order valence-corrected chi connectivity index (χ4v) is 7.83. The fourth-order valence-electron chi connectivity index (χ4n) is 5.55. The number of aryl methyl sites for hydroxylation is 1. The summed E-state index contributed by atoms with van der Waals surface area (Å²) >= 11 is 10.9. The van der Waals surface area contributed by atoms with E-state index in [0.29, 0.717) is 13.0 Å². The van der Waals surface area contributed by atoms with Crippen molar-refractivity contribution in [1.29, 1.82) is 0 Å². The third kappa shape index (κ3) is 4.41. The van der Waals surface area contributed by atoms with Crippen LogP contribution in [-0.2, 0) is 20.8 Å². The first-order valence-corrected chi connectivity index (χ1v) is 13.7. The summed E-state index contributed by atoms with van der Waals surface area (Å²) in [6, 6.07) is 5.87. The molecule has 8 heteroatoms. The Kier molecular flexibility index (Phi) is 7.28. The second kappa shape index (κ2) is 9.64. The summed E-state index contributed by atoms with van der Waals surface area (Å²) in [5, 5.41) is 3.00. The third-order valence-corrected chi connectivity index (χ3v) is 10.8. The van der Waals surface area contributed by atoms with Crippen molar-refractivity contribution in [3.63, 3.8) is 0 Å². The number of fused-ring (bicyclic) bond motifs is 5. The SMILES string of the molecule is CCc1cc(Br)ccc1NC(=O)CCCCCN1C(=O)[C@@H]2[C@H]3C[C@@H]([C@H](Br)[C@H]3Br)[C@H]2C1=O. The summed E-state index contributed by atoms with van der Waals surface area (Å²) in [7, 11) is 0.